The molecule has 0 aliphatic heterocycles. The zero-order chi connectivity index (χ0) is 18.4. The molecule has 2 N–H and O–H groups in total. The topological polar surface area (TPSA) is 84.5 Å². The second kappa shape index (κ2) is 8.46. The van der Waals surface area contributed by atoms with Gasteiger partial charge in [-0.2, -0.15) is 0 Å². The first-order valence-corrected chi connectivity index (χ1v) is 9.98. The predicted octanol–water partition coefficient (Wildman–Crippen LogP) is 3.40. The fourth-order valence-corrected chi connectivity index (χ4v) is 3.78. The Morgan fingerprint density at radius 2 is 1.92 bits per heavy atom. The molecule has 6 nitrogen and oxygen atoms in total. The SMILES string of the molecule is CCNS(=O)(=O)c1cc(C(=O)Nc2cccc(Br)c2)ccc1OCC. The number of benzene rings is 2. The highest BCUT2D eigenvalue weighted by Gasteiger charge is 2.21. The fourth-order valence-electron chi connectivity index (χ4n) is 2.17. The van der Waals surface area contributed by atoms with Crippen LogP contribution in [-0.2, 0) is 10.0 Å². The first-order valence-electron chi connectivity index (χ1n) is 7.70. The number of carbonyl (C=O) groups is 1. The van der Waals surface area contributed by atoms with Crippen LogP contribution in [0.3, 0.4) is 0 Å². The lowest BCUT2D eigenvalue weighted by Gasteiger charge is -2.13. The third-order valence-corrected chi connectivity index (χ3v) is 5.27. The molecule has 134 valence electrons. The van der Waals surface area contributed by atoms with Gasteiger partial charge in [0, 0.05) is 22.3 Å². The van der Waals surface area contributed by atoms with Crippen molar-refractivity contribution in [3.8, 4) is 5.75 Å². The van der Waals surface area contributed by atoms with E-state index in [0.717, 1.165) is 4.47 Å². The minimum atomic E-state index is -3.76. The van der Waals surface area contributed by atoms with Crippen molar-refractivity contribution in [2.45, 2.75) is 18.7 Å². The number of hydrogen-bond acceptors (Lipinski definition) is 4. The smallest absolute Gasteiger partial charge is 0.255 e. The summed E-state index contributed by atoms with van der Waals surface area (Å²) < 4.78 is 33.4. The van der Waals surface area contributed by atoms with Crippen LogP contribution in [0.2, 0.25) is 0 Å². The van der Waals surface area contributed by atoms with Gasteiger partial charge in [-0.05, 0) is 43.3 Å². The van der Waals surface area contributed by atoms with E-state index in [0.29, 0.717) is 12.3 Å². The van der Waals surface area contributed by atoms with E-state index in [1.807, 2.05) is 6.07 Å². The maximum absolute atomic E-state index is 12.4. The van der Waals surface area contributed by atoms with Crippen LogP contribution in [0.5, 0.6) is 5.75 Å². The molecular weight excluding hydrogens is 408 g/mol. The molecule has 0 saturated carbocycles. The summed E-state index contributed by atoms with van der Waals surface area (Å²) >= 11 is 3.33. The van der Waals surface area contributed by atoms with Crippen LogP contribution < -0.4 is 14.8 Å². The Morgan fingerprint density at radius 1 is 1.16 bits per heavy atom. The first-order chi connectivity index (χ1) is 11.9. The molecular formula is C17H19BrN2O4S. The molecule has 0 heterocycles. The first kappa shape index (κ1) is 19.4. The van der Waals surface area contributed by atoms with Crippen molar-refractivity contribution in [3.05, 3.63) is 52.5 Å². The van der Waals surface area contributed by atoms with Crippen molar-refractivity contribution < 1.29 is 17.9 Å². The van der Waals surface area contributed by atoms with Gasteiger partial charge in [-0.15, -0.1) is 0 Å². The van der Waals surface area contributed by atoms with Gasteiger partial charge in [-0.3, -0.25) is 4.79 Å². The lowest BCUT2D eigenvalue weighted by molar-refractivity contribution is 0.102. The van der Waals surface area contributed by atoms with E-state index < -0.39 is 15.9 Å². The van der Waals surface area contributed by atoms with Gasteiger partial charge in [-0.25, -0.2) is 13.1 Å². The molecule has 0 spiro atoms. The Hall–Kier alpha value is -1.90. The molecule has 2 aromatic carbocycles. The molecule has 0 aliphatic carbocycles. The number of hydrogen-bond donors (Lipinski definition) is 2. The summed E-state index contributed by atoms with van der Waals surface area (Å²) in [5.41, 5.74) is 0.823. The molecule has 0 saturated heterocycles. The normalized spacial score (nSPS) is 11.2. The van der Waals surface area contributed by atoms with Crippen LogP contribution in [0.15, 0.2) is 51.8 Å². The van der Waals surface area contributed by atoms with Crippen LogP contribution in [0.25, 0.3) is 0 Å². The van der Waals surface area contributed by atoms with Crippen molar-refractivity contribution >= 4 is 37.5 Å². The molecule has 0 fully saturated rings. The number of halogens is 1. The van der Waals surface area contributed by atoms with E-state index in [-0.39, 0.29) is 22.8 Å². The molecule has 1 amide bonds. The van der Waals surface area contributed by atoms with Crippen molar-refractivity contribution in [3.63, 3.8) is 0 Å². The molecule has 2 rings (SSSR count). The predicted molar refractivity (Wildman–Crippen MR) is 101 cm³/mol. The average Bonchev–Trinajstić information content (AvgIpc) is 2.55. The molecule has 0 aliphatic rings. The second-order valence-electron chi connectivity index (χ2n) is 5.06. The minimum absolute atomic E-state index is 0.0573. The highest BCUT2D eigenvalue weighted by Crippen LogP contribution is 2.26. The standard InChI is InChI=1S/C17H19BrN2O4S/c1-3-19-25(22,23)16-10-12(8-9-15(16)24-4-2)17(21)20-14-7-5-6-13(18)11-14/h5-11,19H,3-4H2,1-2H3,(H,20,21). The maximum atomic E-state index is 12.4. The summed E-state index contributed by atoms with van der Waals surface area (Å²) in [4.78, 5) is 12.4. The lowest BCUT2D eigenvalue weighted by Crippen LogP contribution is -2.24. The van der Waals surface area contributed by atoms with Gasteiger partial charge < -0.3 is 10.1 Å². The Kier molecular flexibility index (Phi) is 6.57. The Balaban J connectivity index is 2.37. The number of ether oxygens (including phenoxy) is 1. The van der Waals surface area contributed by atoms with Gasteiger partial charge in [0.05, 0.1) is 6.61 Å². The van der Waals surface area contributed by atoms with E-state index in [9.17, 15) is 13.2 Å². The summed E-state index contributed by atoms with van der Waals surface area (Å²) in [6, 6.07) is 11.5. The highest BCUT2D eigenvalue weighted by molar-refractivity contribution is 9.10. The van der Waals surface area contributed by atoms with E-state index in [4.69, 9.17) is 4.74 Å². The van der Waals surface area contributed by atoms with Gasteiger partial charge in [0.25, 0.3) is 5.91 Å². The summed E-state index contributed by atoms with van der Waals surface area (Å²) in [5, 5.41) is 2.74. The van der Waals surface area contributed by atoms with Crippen molar-refractivity contribution in [2.24, 2.45) is 0 Å². The van der Waals surface area contributed by atoms with Crippen LogP contribution in [-0.4, -0.2) is 27.5 Å². The van der Waals surface area contributed by atoms with Crippen molar-refractivity contribution in [1.29, 1.82) is 0 Å². The molecule has 8 heteroatoms. The van der Waals surface area contributed by atoms with Gasteiger partial charge in [0.2, 0.25) is 10.0 Å². The van der Waals surface area contributed by atoms with E-state index in [2.05, 4.69) is 26.0 Å². The molecule has 0 unspecified atom stereocenters. The van der Waals surface area contributed by atoms with Crippen LogP contribution in [0, 0.1) is 0 Å². The van der Waals surface area contributed by atoms with Crippen molar-refractivity contribution in [2.75, 3.05) is 18.5 Å². The molecule has 25 heavy (non-hydrogen) atoms. The third-order valence-electron chi connectivity index (χ3n) is 3.21. The molecule has 0 bridgehead atoms. The summed E-state index contributed by atoms with van der Waals surface area (Å²) in [5.74, 6) is -0.198. The third kappa shape index (κ3) is 5.04. The maximum Gasteiger partial charge on any atom is 0.255 e. The van der Waals surface area contributed by atoms with Gasteiger partial charge in [0.15, 0.2) is 0 Å². The van der Waals surface area contributed by atoms with Crippen LogP contribution in [0.1, 0.15) is 24.2 Å². The van der Waals surface area contributed by atoms with E-state index >= 15 is 0 Å². The number of sulfonamides is 1. The van der Waals surface area contributed by atoms with Crippen LogP contribution >= 0.6 is 15.9 Å². The minimum Gasteiger partial charge on any atom is -0.492 e. The van der Waals surface area contributed by atoms with E-state index in [1.165, 1.54) is 18.2 Å². The fraction of sp³-hybridized carbons (Fsp3) is 0.235. The van der Waals surface area contributed by atoms with E-state index in [1.54, 1.807) is 32.0 Å². The summed E-state index contributed by atoms with van der Waals surface area (Å²) in [7, 11) is -3.76. The van der Waals surface area contributed by atoms with Gasteiger partial charge in [0.1, 0.15) is 10.6 Å². The van der Waals surface area contributed by atoms with Gasteiger partial charge >= 0.3 is 0 Å². The number of carbonyl (C=O) groups excluding carboxylic acids is 1. The zero-order valence-electron chi connectivity index (χ0n) is 13.9. The monoisotopic (exact) mass is 426 g/mol. The Labute approximate surface area is 155 Å². The Morgan fingerprint density at radius 3 is 2.56 bits per heavy atom. The number of nitrogens with one attached hydrogen (secondary N) is 2. The number of amides is 1. The lowest BCUT2D eigenvalue weighted by atomic mass is 10.2. The number of rotatable bonds is 7. The zero-order valence-corrected chi connectivity index (χ0v) is 16.3. The summed E-state index contributed by atoms with van der Waals surface area (Å²) in [6.07, 6.45) is 0. The van der Waals surface area contributed by atoms with Crippen LogP contribution in [0.4, 0.5) is 5.69 Å². The highest BCUT2D eigenvalue weighted by atomic mass is 79.9. The second-order valence-corrected chi connectivity index (χ2v) is 7.71. The number of anilines is 1. The molecule has 0 radical (unpaired) electrons. The molecule has 2 aromatic rings. The average molecular weight is 427 g/mol. The largest absolute Gasteiger partial charge is 0.492 e. The molecule has 0 atom stereocenters. The quantitative estimate of drug-likeness (QED) is 0.710. The Bertz CT molecular complexity index is 869. The summed E-state index contributed by atoms with van der Waals surface area (Å²) in [6.45, 7) is 4.00. The molecule has 0 aromatic heterocycles. The van der Waals surface area contributed by atoms with Crippen molar-refractivity contribution in [1.82, 2.24) is 4.72 Å². The van der Waals surface area contributed by atoms with Gasteiger partial charge in [-0.1, -0.05) is 28.9 Å².